The molecule has 4 rings (SSSR count). The van der Waals surface area contributed by atoms with E-state index < -0.39 is 36.1 Å². The molecule has 10 nitrogen and oxygen atoms in total. The second kappa shape index (κ2) is 17.4. The topological polar surface area (TPSA) is 143 Å². The molecule has 0 aromatic heterocycles. The standard InChI is InChI=1S/C35H39N3O7/c39-22-29(20-25-12-4-1-5-13-25)36-32(40)21-28-18-10-11-19-30(38-35(43)45-23-26-14-6-2-7-15-26)34(42)44-24-31(37-33(28)41)27-16-8-3-9-17-27/h1-17,28-31,39H,18-24H2,(H,36,40)(H,37,41)(H,38,43)/t28-,29-,30-,31+/m1/s1. The summed E-state index contributed by atoms with van der Waals surface area (Å²) in [5.74, 6) is -2.14. The number of esters is 1. The number of nitrogens with one attached hydrogen (secondary N) is 3. The van der Waals surface area contributed by atoms with Gasteiger partial charge in [-0.25, -0.2) is 9.59 Å². The molecule has 1 aliphatic heterocycles. The van der Waals surface area contributed by atoms with Crippen molar-refractivity contribution in [3.8, 4) is 0 Å². The number of carbonyl (C=O) groups excluding carboxylic acids is 4. The van der Waals surface area contributed by atoms with Crippen LogP contribution in [0, 0.1) is 5.92 Å². The summed E-state index contributed by atoms with van der Waals surface area (Å²) in [5.41, 5.74) is 2.48. The van der Waals surface area contributed by atoms with E-state index in [4.69, 9.17) is 9.47 Å². The summed E-state index contributed by atoms with van der Waals surface area (Å²) in [5, 5.41) is 18.2. The van der Waals surface area contributed by atoms with E-state index in [-0.39, 0.29) is 50.9 Å². The summed E-state index contributed by atoms with van der Waals surface area (Å²) in [4.78, 5) is 52.2. The lowest BCUT2D eigenvalue weighted by Crippen LogP contribution is -2.44. The summed E-state index contributed by atoms with van der Waals surface area (Å²) in [6, 6.07) is 25.5. The normalized spacial score (nSPS) is 19.5. The average Bonchev–Trinajstić information content (AvgIpc) is 3.06. The largest absolute Gasteiger partial charge is 0.462 e. The summed E-state index contributed by atoms with van der Waals surface area (Å²) in [7, 11) is 0. The Morgan fingerprint density at radius 3 is 2.18 bits per heavy atom. The van der Waals surface area contributed by atoms with Crippen LogP contribution in [0.25, 0.3) is 0 Å². The van der Waals surface area contributed by atoms with Crippen LogP contribution in [0.5, 0.6) is 0 Å². The van der Waals surface area contributed by atoms with Crippen molar-refractivity contribution in [3.63, 3.8) is 0 Å². The SMILES string of the molecule is O=C(C[C@H]1CC=CC[C@@H](NC(=O)OCc2ccccc2)C(=O)OC[C@@H](c2ccccc2)NC1=O)N[C@@H](CO)Cc1ccccc1. The third kappa shape index (κ3) is 10.9. The highest BCUT2D eigenvalue weighted by atomic mass is 16.6. The molecule has 1 heterocycles. The van der Waals surface area contributed by atoms with Gasteiger partial charge in [0.1, 0.15) is 19.3 Å². The fourth-order valence-corrected chi connectivity index (χ4v) is 4.93. The molecule has 4 N–H and O–H groups in total. The van der Waals surface area contributed by atoms with E-state index >= 15 is 0 Å². The number of benzene rings is 3. The third-order valence-electron chi connectivity index (χ3n) is 7.37. The number of aliphatic hydroxyl groups is 1. The lowest BCUT2D eigenvalue weighted by molar-refractivity contribution is -0.147. The second-order valence-electron chi connectivity index (χ2n) is 10.8. The van der Waals surface area contributed by atoms with E-state index in [1.807, 2.05) is 78.9 Å². The van der Waals surface area contributed by atoms with Crippen molar-refractivity contribution in [2.45, 2.75) is 50.4 Å². The average molecular weight is 614 g/mol. The molecule has 10 heteroatoms. The first kappa shape index (κ1) is 32.9. The number of carbonyl (C=O) groups is 4. The van der Waals surface area contributed by atoms with Gasteiger partial charge >= 0.3 is 12.1 Å². The lowest BCUT2D eigenvalue weighted by Gasteiger charge is -2.25. The highest BCUT2D eigenvalue weighted by molar-refractivity contribution is 5.86. The number of amides is 3. The number of alkyl carbamates (subject to hydrolysis) is 1. The molecule has 236 valence electrons. The summed E-state index contributed by atoms with van der Waals surface area (Å²) in [6.45, 7) is -0.391. The lowest BCUT2D eigenvalue weighted by atomic mass is 9.97. The first-order chi connectivity index (χ1) is 21.9. The molecule has 0 radical (unpaired) electrons. The Balaban J connectivity index is 1.45. The van der Waals surface area contributed by atoms with E-state index in [1.54, 1.807) is 24.3 Å². The first-order valence-electron chi connectivity index (χ1n) is 15.0. The molecule has 3 aromatic carbocycles. The molecule has 0 spiro atoms. The Morgan fingerprint density at radius 2 is 1.51 bits per heavy atom. The maximum Gasteiger partial charge on any atom is 0.408 e. The molecule has 3 aromatic rings. The van der Waals surface area contributed by atoms with Gasteiger partial charge in [0.2, 0.25) is 11.8 Å². The number of hydrogen-bond donors (Lipinski definition) is 4. The van der Waals surface area contributed by atoms with E-state index in [0.29, 0.717) is 12.0 Å². The fraction of sp³-hybridized carbons (Fsp3) is 0.314. The van der Waals surface area contributed by atoms with Crippen LogP contribution in [0.15, 0.2) is 103 Å². The molecule has 0 aliphatic carbocycles. The first-order valence-corrected chi connectivity index (χ1v) is 15.0. The number of hydrogen-bond acceptors (Lipinski definition) is 7. The number of rotatable bonds is 10. The zero-order chi connectivity index (χ0) is 31.9. The van der Waals surface area contributed by atoms with Gasteiger partial charge in [-0.3, -0.25) is 9.59 Å². The molecule has 0 saturated heterocycles. The minimum atomic E-state index is -1.03. The number of allylic oxidation sites excluding steroid dienone is 1. The molecule has 0 bridgehead atoms. The highest BCUT2D eigenvalue weighted by Gasteiger charge is 2.28. The molecular weight excluding hydrogens is 574 g/mol. The van der Waals surface area contributed by atoms with Gasteiger partial charge in [0.25, 0.3) is 0 Å². The van der Waals surface area contributed by atoms with Crippen LogP contribution >= 0.6 is 0 Å². The van der Waals surface area contributed by atoms with Crippen LogP contribution in [0.1, 0.15) is 42.0 Å². The van der Waals surface area contributed by atoms with Crippen molar-refractivity contribution >= 4 is 23.9 Å². The zero-order valence-corrected chi connectivity index (χ0v) is 25.0. The van der Waals surface area contributed by atoms with E-state index in [0.717, 1.165) is 11.1 Å². The van der Waals surface area contributed by atoms with E-state index in [1.165, 1.54) is 0 Å². The highest BCUT2D eigenvalue weighted by Crippen LogP contribution is 2.19. The van der Waals surface area contributed by atoms with Crippen LogP contribution in [0.2, 0.25) is 0 Å². The Hall–Kier alpha value is -4.96. The maximum absolute atomic E-state index is 13.5. The van der Waals surface area contributed by atoms with Crippen LogP contribution in [0.3, 0.4) is 0 Å². The van der Waals surface area contributed by atoms with Crippen LogP contribution in [-0.2, 0) is 36.9 Å². The fourth-order valence-electron chi connectivity index (χ4n) is 4.93. The number of cyclic esters (lactones) is 1. The van der Waals surface area contributed by atoms with Gasteiger partial charge in [-0.1, -0.05) is 103 Å². The molecular formula is C35H39N3O7. The molecule has 0 saturated carbocycles. The number of aliphatic hydroxyl groups excluding tert-OH is 1. The molecule has 3 amide bonds. The van der Waals surface area contributed by atoms with Crippen LogP contribution in [-0.4, -0.2) is 54.3 Å². The Labute approximate surface area is 262 Å². The Kier molecular flexibility index (Phi) is 12.7. The minimum Gasteiger partial charge on any atom is -0.462 e. The van der Waals surface area contributed by atoms with Crippen molar-refractivity contribution in [1.82, 2.24) is 16.0 Å². The van der Waals surface area contributed by atoms with Gasteiger partial charge in [-0.2, -0.15) is 0 Å². The van der Waals surface area contributed by atoms with Gasteiger partial charge in [0.05, 0.1) is 24.6 Å². The molecule has 0 fully saturated rings. The van der Waals surface area contributed by atoms with Crippen molar-refractivity contribution < 1.29 is 33.8 Å². The zero-order valence-electron chi connectivity index (χ0n) is 25.0. The summed E-state index contributed by atoms with van der Waals surface area (Å²) >= 11 is 0. The Bertz CT molecular complexity index is 1420. The van der Waals surface area contributed by atoms with Gasteiger partial charge in [0.15, 0.2) is 0 Å². The van der Waals surface area contributed by atoms with Crippen molar-refractivity contribution in [1.29, 1.82) is 0 Å². The maximum atomic E-state index is 13.5. The summed E-state index contributed by atoms with van der Waals surface area (Å²) < 4.78 is 10.9. The van der Waals surface area contributed by atoms with Crippen molar-refractivity contribution in [2.24, 2.45) is 5.92 Å². The molecule has 4 atom stereocenters. The summed E-state index contributed by atoms with van der Waals surface area (Å²) in [6.07, 6.45) is 3.26. The number of ether oxygens (including phenoxy) is 2. The molecule has 1 aliphatic rings. The Morgan fingerprint density at radius 1 is 0.889 bits per heavy atom. The van der Waals surface area contributed by atoms with Crippen molar-refractivity contribution in [3.05, 3.63) is 120 Å². The quantitative estimate of drug-likeness (QED) is 0.201. The molecule has 0 unspecified atom stereocenters. The monoisotopic (exact) mass is 613 g/mol. The van der Waals surface area contributed by atoms with E-state index in [9.17, 15) is 24.3 Å². The third-order valence-corrected chi connectivity index (χ3v) is 7.37. The van der Waals surface area contributed by atoms with Crippen molar-refractivity contribution in [2.75, 3.05) is 13.2 Å². The van der Waals surface area contributed by atoms with Gasteiger partial charge in [0, 0.05) is 6.42 Å². The van der Waals surface area contributed by atoms with Gasteiger partial charge in [-0.15, -0.1) is 0 Å². The molecule has 45 heavy (non-hydrogen) atoms. The van der Waals surface area contributed by atoms with Gasteiger partial charge in [-0.05, 0) is 36.0 Å². The predicted octanol–water partition coefficient (Wildman–Crippen LogP) is 3.76. The predicted molar refractivity (Wildman–Crippen MR) is 167 cm³/mol. The smallest absolute Gasteiger partial charge is 0.408 e. The second-order valence-corrected chi connectivity index (χ2v) is 10.8. The minimum absolute atomic E-state index is 0.0403. The van der Waals surface area contributed by atoms with Crippen LogP contribution < -0.4 is 16.0 Å². The van der Waals surface area contributed by atoms with Gasteiger partial charge < -0.3 is 30.5 Å². The van der Waals surface area contributed by atoms with E-state index in [2.05, 4.69) is 16.0 Å². The van der Waals surface area contributed by atoms with Crippen LogP contribution in [0.4, 0.5) is 4.79 Å².